The van der Waals surface area contributed by atoms with Crippen molar-refractivity contribution >= 4 is 37.5 Å². The number of rotatable bonds is 6. The maximum atomic E-state index is 12.5. The van der Waals surface area contributed by atoms with Crippen LogP contribution in [-0.2, 0) is 21.2 Å². The van der Waals surface area contributed by atoms with Crippen LogP contribution in [-0.4, -0.2) is 33.0 Å². The lowest BCUT2D eigenvalue weighted by Gasteiger charge is -2.09. The van der Waals surface area contributed by atoms with Crippen molar-refractivity contribution in [2.75, 3.05) is 13.7 Å². The molecule has 136 valence electrons. The van der Waals surface area contributed by atoms with Crippen LogP contribution in [0.3, 0.4) is 0 Å². The van der Waals surface area contributed by atoms with Gasteiger partial charge in [-0.25, -0.2) is 22.9 Å². The van der Waals surface area contributed by atoms with Gasteiger partial charge in [0.2, 0.25) is 10.0 Å². The first-order valence-electron chi connectivity index (χ1n) is 7.94. The first-order valence-corrected chi connectivity index (χ1v) is 10.2. The molecule has 1 heterocycles. The van der Waals surface area contributed by atoms with E-state index in [2.05, 4.69) is 9.71 Å². The molecule has 0 amide bonds. The summed E-state index contributed by atoms with van der Waals surface area (Å²) >= 11 is 1.55. The van der Waals surface area contributed by atoms with Crippen LogP contribution in [0.2, 0.25) is 0 Å². The fourth-order valence-electron chi connectivity index (χ4n) is 2.50. The van der Waals surface area contributed by atoms with Gasteiger partial charge in [0.25, 0.3) is 0 Å². The highest BCUT2D eigenvalue weighted by Gasteiger charge is 2.18. The van der Waals surface area contributed by atoms with E-state index in [1.54, 1.807) is 24.3 Å². The van der Waals surface area contributed by atoms with Gasteiger partial charge in [0.05, 0.1) is 32.8 Å². The Morgan fingerprint density at radius 2 is 2.00 bits per heavy atom. The number of sulfonamides is 1. The minimum absolute atomic E-state index is 0.0350. The molecule has 0 fully saturated rings. The molecule has 0 saturated heterocycles. The second kappa shape index (κ2) is 7.53. The Balaban J connectivity index is 1.71. The quantitative estimate of drug-likeness (QED) is 0.654. The molecule has 26 heavy (non-hydrogen) atoms. The van der Waals surface area contributed by atoms with Crippen molar-refractivity contribution in [3.05, 3.63) is 58.6 Å². The van der Waals surface area contributed by atoms with E-state index in [-0.39, 0.29) is 17.0 Å². The van der Waals surface area contributed by atoms with Gasteiger partial charge in [-0.05, 0) is 36.8 Å². The number of carbonyl (C=O) groups is 1. The summed E-state index contributed by atoms with van der Waals surface area (Å²) in [5.41, 5.74) is 1.81. The second-order valence-corrected chi connectivity index (χ2v) is 8.57. The molecule has 0 unspecified atom stereocenters. The third-order valence-corrected chi connectivity index (χ3v) is 6.45. The number of benzene rings is 2. The number of carbonyl (C=O) groups excluding carboxylic acids is 1. The van der Waals surface area contributed by atoms with Gasteiger partial charge in [-0.1, -0.05) is 18.2 Å². The van der Waals surface area contributed by atoms with Crippen LogP contribution >= 0.6 is 11.3 Å². The molecular weight excluding hydrogens is 372 g/mol. The van der Waals surface area contributed by atoms with Crippen molar-refractivity contribution in [2.24, 2.45) is 0 Å². The third kappa shape index (κ3) is 3.92. The lowest BCUT2D eigenvalue weighted by atomic mass is 10.1. The van der Waals surface area contributed by atoms with Gasteiger partial charge in [-0.15, -0.1) is 11.3 Å². The number of aryl methyl sites for hydroxylation is 1. The molecule has 3 aromatic rings. The predicted octanol–water partition coefficient (Wildman–Crippen LogP) is 2.91. The number of hydrogen-bond donors (Lipinski definition) is 1. The fraction of sp³-hybridized carbons (Fsp3) is 0.222. The maximum Gasteiger partial charge on any atom is 0.338 e. The number of esters is 1. The number of thiazole rings is 1. The standard InChI is InChI=1S/C18H18N2O4S2/c1-12-7-8-13(11-14(12)18(21)24-2)26(22,23)19-10-9-17-20-15-5-3-4-6-16(15)25-17/h3-8,11,19H,9-10H2,1-2H3. The van der Waals surface area contributed by atoms with Crippen LogP contribution in [0.25, 0.3) is 10.2 Å². The number of aromatic nitrogens is 1. The van der Waals surface area contributed by atoms with E-state index in [0.29, 0.717) is 12.0 Å². The lowest BCUT2D eigenvalue weighted by molar-refractivity contribution is 0.0599. The van der Waals surface area contributed by atoms with Crippen LogP contribution in [0, 0.1) is 6.92 Å². The van der Waals surface area contributed by atoms with Crippen molar-refractivity contribution in [3.63, 3.8) is 0 Å². The lowest BCUT2D eigenvalue weighted by Crippen LogP contribution is -2.26. The highest BCUT2D eigenvalue weighted by Crippen LogP contribution is 2.22. The second-order valence-electron chi connectivity index (χ2n) is 5.69. The summed E-state index contributed by atoms with van der Waals surface area (Å²) in [4.78, 5) is 16.3. The smallest absolute Gasteiger partial charge is 0.338 e. The molecule has 0 atom stereocenters. The molecule has 6 nitrogen and oxygen atoms in total. The average Bonchev–Trinajstić information content (AvgIpc) is 3.03. The van der Waals surface area contributed by atoms with E-state index in [1.165, 1.54) is 19.2 Å². The normalized spacial score (nSPS) is 11.6. The summed E-state index contributed by atoms with van der Waals surface area (Å²) < 4.78 is 33.3. The monoisotopic (exact) mass is 390 g/mol. The Kier molecular flexibility index (Phi) is 5.36. The van der Waals surface area contributed by atoms with Gasteiger partial charge in [-0.2, -0.15) is 0 Å². The summed E-state index contributed by atoms with van der Waals surface area (Å²) in [6.45, 7) is 1.95. The molecule has 0 aliphatic rings. The molecule has 0 spiro atoms. The number of ether oxygens (including phenoxy) is 1. The number of hydrogen-bond acceptors (Lipinski definition) is 6. The molecule has 2 aromatic carbocycles. The largest absolute Gasteiger partial charge is 0.465 e. The highest BCUT2D eigenvalue weighted by atomic mass is 32.2. The molecule has 0 aliphatic heterocycles. The SMILES string of the molecule is COC(=O)c1cc(S(=O)(=O)NCCc2nc3ccccc3s2)ccc1C. The van der Waals surface area contributed by atoms with Crippen LogP contribution in [0.5, 0.6) is 0 Å². The molecule has 0 saturated carbocycles. The van der Waals surface area contributed by atoms with Gasteiger partial charge < -0.3 is 4.74 Å². The maximum absolute atomic E-state index is 12.5. The predicted molar refractivity (Wildman–Crippen MR) is 101 cm³/mol. The van der Waals surface area contributed by atoms with Crippen LogP contribution in [0.1, 0.15) is 20.9 Å². The third-order valence-electron chi connectivity index (χ3n) is 3.89. The first kappa shape index (κ1) is 18.5. The van der Waals surface area contributed by atoms with Gasteiger partial charge >= 0.3 is 5.97 Å². The van der Waals surface area contributed by atoms with Crippen molar-refractivity contribution in [2.45, 2.75) is 18.2 Å². The zero-order valence-electron chi connectivity index (χ0n) is 14.4. The molecular formula is C18H18N2O4S2. The van der Waals surface area contributed by atoms with Crippen molar-refractivity contribution in [1.29, 1.82) is 0 Å². The topological polar surface area (TPSA) is 85.4 Å². The highest BCUT2D eigenvalue weighted by molar-refractivity contribution is 7.89. The van der Waals surface area contributed by atoms with Gasteiger partial charge in [-0.3, -0.25) is 0 Å². The van der Waals surface area contributed by atoms with E-state index in [0.717, 1.165) is 15.2 Å². The Morgan fingerprint density at radius 1 is 1.23 bits per heavy atom. The summed E-state index contributed by atoms with van der Waals surface area (Å²) in [5, 5.41) is 0.869. The minimum Gasteiger partial charge on any atom is -0.465 e. The van der Waals surface area contributed by atoms with Crippen molar-refractivity contribution in [1.82, 2.24) is 9.71 Å². The number of nitrogens with zero attached hydrogens (tertiary/aromatic N) is 1. The number of para-hydroxylation sites is 1. The van der Waals surface area contributed by atoms with Crippen LogP contribution in [0.15, 0.2) is 47.4 Å². The average molecular weight is 390 g/mol. The summed E-state index contributed by atoms with van der Waals surface area (Å²) in [7, 11) is -2.46. The van der Waals surface area contributed by atoms with Crippen molar-refractivity contribution < 1.29 is 17.9 Å². The number of fused-ring (bicyclic) bond motifs is 1. The molecule has 8 heteroatoms. The molecule has 0 aliphatic carbocycles. The van der Waals surface area contributed by atoms with Crippen LogP contribution in [0.4, 0.5) is 0 Å². The molecule has 0 bridgehead atoms. The van der Waals surface area contributed by atoms with Gasteiger partial charge in [0, 0.05) is 13.0 Å². The fourth-order valence-corrected chi connectivity index (χ4v) is 4.53. The van der Waals surface area contributed by atoms with E-state index >= 15 is 0 Å². The summed E-state index contributed by atoms with van der Waals surface area (Å²) in [5.74, 6) is -0.561. The van der Waals surface area contributed by atoms with Crippen LogP contribution < -0.4 is 4.72 Å². The zero-order valence-corrected chi connectivity index (χ0v) is 16.0. The summed E-state index contributed by atoms with van der Waals surface area (Å²) in [6.07, 6.45) is 0.494. The van der Waals surface area contributed by atoms with Gasteiger partial charge in [0.1, 0.15) is 0 Å². The Morgan fingerprint density at radius 3 is 2.73 bits per heavy atom. The Hall–Kier alpha value is -2.29. The molecule has 1 N–H and O–H groups in total. The summed E-state index contributed by atoms with van der Waals surface area (Å²) in [6, 6.07) is 12.2. The van der Waals surface area contributed by atoms with E-state index in [1.807, 2.05) is 24.3 Å². The van der Waals surface area contributed by atoms with Gasteiger partial charge in [0.15, 0.2) is 0 Å². The first-order chi connectivity index (χ1) is 12.4. The van der Waals surface area contributed by atoms with E-state index in [4.69, 9.17) is 4.74 Å². The molecule has 3 rings (SSSR count). The molecule has 1 aromatic heterocycles. The Bertz CT molecular complexity index is 1020. The molecule has 0 radical (unpaired) electrons. The Labute approximate surface area is 155 Å². The van der Waals surface area contributed by atoms with E-state index in [9.17, 15) is 13.2 Å². The minimum atomic E-state index is -3.72. The van der Waals surface area contributed by atoms with E-state index < -0.39 is 16.0 Å². The van der Waals surface area contributed by atoms with Crippen molar-refractivity contribution in [3.8, 4) is 0 Å². The number of nitrogens with one attached hydrogen (secondary N) is 1. The number of methoxy groups -OCH3 is 1. The zero-order chi connectivity index (χ0) is 18.7.